The van der Waals surface area contributed by atoms with E-state index in [0.717, 1.165) is 0 Å². The monoisotopic (exact) mass is 312 g/mol. The molecule has 0 atom stereocenters. The summed E-state index contributed by atoms with van der Waals surface area (Å²) in [6, 6.07) is 9.12. The molecule has 1 amide bonds. The summed E-state index contributed by atoms with van der Waals surface area (Å²) in [5.74, 6) is -0.234. The van der Waals surface area contributed by atoms with Gasteiger partial charge in [-0.15, -0.1) is 0 Å². The molecular weight excluding hydrogens is 299 g/mol. The first-order valence-electron chi connectivity index (χ1n) is 6.77. The van der Waals surface area contributed by atoms with Crippen LogP contribution in [0.1, 0.15) is 10.5 Å². The molecule has 0 saturated carbocycles. The largest absolute Gasteiger partial charge is 0.481 e. The van der Waals surface area contributed by atoms with E-state index in [9.17, 15) is 9.18 Å². The number of anilines is 1. The van der Waals surface area contributed by atoms with Gasteiger partial charge in [-0.3, -0.25) is 9.36 Å². The topological polar surface area (TPSA) is 69.0 Å². The molecule has 2 aromatic heterocycles. The van der Waals surface area contributed by atoms with E-state index < -0.39 is 0 Å². The van der Waals surface area contributed by atoms with Gasteiger partial charge in [-0.1, -0.05) is 0 Å². The fraction of sp³-hybridized carbons (Fsp3) is 0.0625. The van der Waals surface area contributed by atoms with E-state index in [1.54, 1.807) is 28.8 Å². The average Bonchev–Trinajstić information content (AvgIpc) is 3.06. The van der Waals surface area contributed by atoms with E-state index in [4.69, 9.17) is 4.74 Å². The number of pyridine rings is 1. The van der Waals surface area contributed by atoms with E-state index >= 15 is 0 Å². The van der Waals surface area contributed by atoms with Crippen LogP contribution in [0.25, 0.3) is 5.69 Å². The molecular formula is C16H13FN4O2. The van der Waals surface area contributed by atoms with Crippen molar-refractivity contribution in [2.75, 3.05) is 12.4 Å². The van der Waals surface area contributed by atoms with E-state index in [1.165, 1.54) is 38.0 Å². The number of amides is 1. The lowest BCUT2D eigenvalue weighted by Gasteiger charge is -2.09. The van der Waals surface area contributed by atoms with E-state index in [1.807, 2.05) is 0 Å². The van der Waals surface area contributed by atoms with Crippen molar-refractivity contribution in [1.29, 1.82) is 0 Å². The van der Waals surface area contributed by atoms with Crippen molar-refractivity contribution in [3.8, 4) is 11.6 Å². The fourth-order valence-corrected chi connectivity index (χ4v) is 2.04. The number of rotatable bonds is 4. The number of hydrogen-bond donors (Lipinski definition) is 1. The number of halogens is 1. The van der Waals surface area contributed by atoms with Crippen LogP contribution in [0.2, 0.25) is 0 Å². The molecule has 0 aliphatic heterocycles. The van der Waals surface area contributed by atoms with Crippen molar-refractivity contribution in [2.24, 2.45) is 0 Å². The third kappa shape index (κ3) is 3.18. The molecule has 0 spiro atoms. The summed E-state index contributed by atoms with van der Waals surface area (Å²) in [5, 5.41) is 2.73. The highest BCUT2D eigenvalue weighted by atomic mass is 19.1. The van der Waals surface area contributed by atoms with Gasteiger partial charge in [0.1, 0.15) is 11.5 Å². The molecule has 3 aromatic rings. The molecule has 2 heterocycles. The number of benzene rings is 1. The zero-order valence-corrected chi connectivity index (χ0v) is 12.2. The second-order valence-corrected chi connectivity index (χ2v) is 4.67. The Labute approximate surface area is 131 Å². The molecule has 6 nitrogen and oxygen atoms in total. The molecule has 0 aliphatic carbocycles. The van der Waals surface area contributed by atoms with Gasteiger partial charge in [-0.2, -0.15) is 0 Å². The van der Waals surface area contributed by atoms with Gasteiger partial charge in [-0.05, 0) is 30.3 Å². The number of aromatic nitrogens is 3. The maximum absolute atomic E-state index is 13.0. The van der Waals surface area contributed by atoms with Crippen LogP contribution in [-0.2, 0) is 0 Å². The van der Waals surface area contributed by atoms with Crippen molar-refractivity contribution in [3.05, 3.63) is 66.6 Å². The number of nitrogens with zero attached hydrogens (tertiary/aromatic N) is 3. The van der Waals surface area contributed by atoms with Crippen LogP contribution in [0, 0.1) is 5.82 Å². The number of ether oxygens (including phenoxy) is 1. The minimum absolute atomic E-state index is 0.326. The molecule has 3 rings (SSSR count). The first kappa shape index (κ1) is 14.7. The van der Waals surface area contributed by atoms with E-state index in [-0.39, 0.29) is 11.7 Å². The Bertz CT molecular complexity index is 813. The minimum atomic E-state index is -0.348. The number of carbonyl (C=O) groups excluding carboxylic acids is 1. The Morgan fingerprint density at radius 3 is 2.61 bits per heavy atom. The van der Waals surface area contributed by atoms with Gasteiger partial charge in [-0.25, -0.2) is 14.4 Å². The van der Waals surface area contributed by atoms with Crippen molar-refractivity contribution >= 4 is 11.6 Å². The Balaban J connectivity index is 1.82. The van der Waals surface area contributed by atoms with Gasteiger partial charge >= 0.3 is 0 Å². The number of imidazole rings is 1. The molecule has 1 N–H and O–H groups in total. The van der Waals surface area contributed by atoms with Gasteiger partial charge < -0.3 is 10.1 Å². The summed E-state index contributed by atoms with van der Waals surface area (Å²) >= 11 is 0. The number of methoxy groups -OCH3 is 1. The van der Waals surface area contributed by atoms with Crippen molar-refractivity contribution < 1.29 is 13.9 Å². The second kappa shape index (κ2) is 6.27. The number of carbonyl (C=O) groups is 1. The molecule has 116 valence electrons. The predicted octanol–water partition coefficient (Wildman–Crippen LogP) is 2.67. The predicted molar refractivity (Wildman–Crippen MR) is 82.3 cm³/mol. The third-order valence-electron chi connectivity index (χ3n) is 3.18. The van der Waals surface area contributed by atoms with Crippen LogP contribution in [0.5, 0.6) is 5.88 Å². The van der Waals surface area contributed by atoms with Gasteiger partial charge in [0, 0.05) is 11.8 Å². The highest BCUT2D eigenvalue weighted by molar-refractivity contribution is 6.03. The second-order valence-electron chi connectivity index (χ2n) is 4.67. The van der Waals surface area contributed by atoms with Crippen LogP contribution in [-0.4, -0.2) is 27.6 Å². The first-order valence-corrected chi connectivity index (χ1v) is 6.77. The lowest BCUT2D eigenvalue weighted by atomic mass is 10.3. The Kier molecular flexibility index (Phi) is 4.01. The highest BCUT2D eigenvalue weighted by Crippen LogP contribution is 2.15. The molecule has 1 aromatic carbocycles. The Morgan fingerprint density at radius 1 is 1.17 bits per heavy atom. The van der Waals surface area contributed by atoms with Gasteiger partial charge in [0.2, 0.25) is 5.88 Å². The summed E-state index contributed by atoms with van der Waals surface area (Å²) in [6.45, 7) is 0. The van der Waals surface area contributed by atoms with Crippen molar-refractivity contribution in [3.63, 3.8) is 0 Å². The maximum atomic E-state index is 13.0. The minimum Gasteiger partial charge on any atom is -0.481 e. The molecule has 0 unspecified atom stereocenters. The molecule has 0 bridgehead atoms. The first-order chi connectivity index (χ1) is 11.2. The van der Waals surface area contributed by atoms with Crippen LogP contribution in [0.3, 0.4) is 0 Å². The Hall–Kier alpha value is -3.22. The summed E-state index contributed by atoms with van der Waals surface area (Å²) in [6.07, 6.45) is 4.43. The summed E-state index contributed by atoms with van der Waals surface area (Å²) < 4.78 is 19.6. The molecule has 0 aliphatic rings. The van der Waals surface area contributed by atoms with Crippen molar-refractivity contribution in [1.82, 2.24) is 14.5 Å². The zero-order chi connectivity index (χ0) is 16.2. The molecule has 7 heteroatoms. The molecule has 0 radical (unpaired) electrons. The van der Waals surface area contributed by atoms with Gasteiger partial charge in [0.15, 0.2) is 0 Å². The molecule has 0 fully saturated rings. The van der Waals surface area contributed by atoms with Gasteiger partial charge in [0.05, 0.1) is 31.5 Å². The lowest BCUT2D eigenvalue weighted by Crippen LogP contribution is -2.16. The summed E-state index contributed by atoms with van der Waals surface area (Å²) in [4.78, 5) is 20.4. The van der Waals surface area contributed by atoms with Crippen molar-refractivity contribution in [2.45, 2.75) is 0 Å². The fourth-order valence-electron chi connectivity index (χ4n) is 2.04. The summed E-state index contributed by atoms with van der Waals surface area (Å²) in [7, 11) is 1.52. The van der Waals surface area contributed by atoms with Crippen LogP contribution < -0.4 is 10.1 Å². The van der Waals surface area contributed by atoms with E-state index in [2.05, 4.69) is 15.3 Å². The normalized spacial score (nSPS) is 10.3. The highest BCUT2D eigenvalue weighted by Gasteiger charge is 2.13. The van der Waals surface area contributed by atoms with Crippen LogP contribution in [0.15, 0.2) is 55.1 Å². The average molecular weight is 312 g/mol. The summed E-state index contributed by atoms with van der Waals surface area (Å²) in [5.41, 5.74) is 1.50. The maximum Gasteiger partial charge on any atom is 0.274 e. The van der Waals surface area contributed by atoms with E-state index in [0.29, 0.717) is 22.9 Å². The van der Waals surface area contributed by atoms with Crippen LogP contribution in [0.4, 0.5) is 10.1 Å². The zero-order valence-electron chi connectivity index (χ0n) is 12.2. The number of nitrogens with one attached hydrogen (secondary N) is 1. The molecule has 23 heavy (non-hydrogen) atoms. The third-order valence-corrected chi connectivity index (χ3v) is 3.18. The Morgan fingerprint density at radius 2 is 1.96 bits per heavy atom. The smallest absolute Gasteiger partial charge is 0.274 e. The van der Waals surface area contributed by atoms with Crippen LogP contribution >= 0.6 is 0 Å². The standard InChI is InChI=1S/C16H13FN4O2/c1-23-15-7-4-12(8-19-15)20-16(22)14-9-18-10-21(14)13-5-2-11(17)3-6-13/h2-10H,1H3,(H,20,22). The quantitative estimate of drug-likeness (QED) is 0.804. The SMILES string of the molecule is COc1ccc(NC(=O)c2cncn2-c2ccc(F)cc2)cn1. The lowest BCUT2D eigenvalue weighted by molar-refractivity contribution is 0.102. The van der Waals surface area contributed by atoms with Gasteiger partial charge in [0.25, 0.3) is 5.91 Å². The number of hydrogen-bond acceptors (Lipinski definition) is 4. The molecule has 0 saturated heterocycles.